The number of hydrogen-bond donors (Lipinski definition) is 2. The van der Waals surface area contributed by atoms with E-state index in [2.05, 4.69) is 30.5 Å². The van der Waals surface area contributed by atoms with Gasteiger partial charge in [0.25, 0.3) is 0 Å². The van der Waals surface area contributed by atoms with E-state index in [1.165, 1.54) is 38.8 Å². The van der Waals surface area contributed by atoms with Crippen LogP contribution in [0.25, 0.3) is 0 Å². The average Bonchev–Trinajstić information content (AvgIpc) is 3.59. The molecule has 5 rings (SSSR count). The number of nitrogens with one attached hydrogen (secondary N) is 2. The van der Waals surface area contributed by atoms with Crippen molar-refractivity contribution in [1.82, 2.24) is 25.2 Å². The lowest BCUT2D eigenvalue weighted by molar-refractivity contribution is -0.154. The van der Waals surface area contributed by atoms with Crippen molar-refractivity contribution in [2.75, 3.05) is 57.8 Å². The van der Waals surface area contributed by atoms with E-state index >= 15 is 0 Å². The normalized spacial score (nSPS) is 20.2. The number of hydrogen-bond acceptors (Lipinski definition) is 9. The van der Waals surface area contributed by atoms with Gasteiger partial charge in [0.2, 0.25) is 5.95 Å². The van der Waals surface area contributed by atoms with E-state index in [-0.39, 0.29) is 35.4 Å². The van der Waals surface area contributed by atoms with Gasteiger partial charge in [-0.3, -0.25) is 4.79 Å². The number of benzene rings is 1. The number of halogens is 3. The Morgan fingerprint density at radius 2 is 1.67 bits per heavy atom. The SMILES string of the molecule is O=C(CCC1(CN2CCCC2)CC1)c1ccc2cc1OCCCNCCCCCCCCNc1nc(nc(OCC(F)(F)F)n1)C2. The largest absolute Gasteiger partial charge is 0.493 e. The topological polar surface area (TPSA) is 102 Å². The zero-order valence-corrected chi connectivity index (χ0v) is 26.9. The van der Waals surface area contributed by atoms with Crippen LogP contribution in [0.4, 0.5) is 19.1 Å². The van der Waals surface area contributed by atoms with Gasteiger partial charge in [0.15, 0.2) is 12.4 Å². The van der Waals surface area contributed by atoms with Crippen molar-refractivity contribution in [2.24, 2.45) is 5.41 Å². The quantitative estimate of drug-likeness (QED) is 0.317. The average molecular weight is 647 g/mol. The highest BCUT2D eigenvalue weighted by atomic mass is 19.4. The Balaban J connectivity index is 1.31. The molecule has 3 heterocycles. The first-order valence-electron chi connectivity index (χ1n) is 17.2. The molecule has 254 valence electrons. The zero-order chi connectivity index (χ0) is 32.2. The number of ether oxygens (including phenoxy) is 2. The highest BCUT2D eigenvalue weighted by Crippen LogP contribution is 2.50. The van der Waals surface area contributed by atoms with E-state index < -0.39 is 12.8 Å². The first kappa shape index (κ1) is 34.3. The standard InChI is InChI=1S/C34H49F3N6O3/c35-34(36,37)25-46-32-41-30-23-26-10-11-27(28(44)12-13-33(14-15-33)24-43-19-7-8-20-43)29(22-26)45-21-9-17-38-16-5-3-1-2-4-6-18-39-31(40-30)42-32/h10-11,22,38H,1-9,12-21,23-25H2,(H,39,40,41,42). The minimum atomic E-state index is -4.51. The van der Waals surface area contributed by atoms with Crippen molar-refractivity contribution in [1.29, 1.82) is 0 Å². The summed E-state index contributed by atoms with van der Waals surface area (Å²) in [4.78, 5) is 28.9. The number of nitrogens with zero attached hydrogens (tertiary/aromatic N) is 4. The molecule has 3 aliphatic rings. The van der Waals surface area contributed by atoms with Crippen LogP contribution in [0.1, 0.15) is 105 Å². The van der Waals surface area contributed by atoms with E-state index in [0.717, 1.165) is 76.6 Å². The molecule has 0 spiro atoms. The number of Topliss-reactive ketones (excluding diaryl/α,β-unsaturated/α-hetero) is 1. The van der Waals surface area contributed by atoms with Crippen LogP contribution in [0.3, 0.4) is 0 Å². The fraction of sp³-hybridized carbons (Fsp3) is 0.706. The molecule has 1 saturated carbocycles. The maximum Gasteiger partial charge on any atom is 0.422 e. The summed E-state index contributed by atoms with van der Waals surface area (Å²) in [5.74, 6) is 1.06. The molecule has 9 nitrogen and oxygen atoms in total. The van der Waals surface area contributed by atoms with Gasteiger partial charge in [-0.1, -0.05) is 31.7 Å². The number of carbonyl (C=O) groups is 1. The Morgan fingerprint density at radius 3 is 2.43 bits per heavy atom. The van der Waals surface area contributed by atoms with Gasteiger partial charge in [-0.2, -0.15) is 28.1 Å². The molecule has 12 heteroatoms. The van der Waals surface area contributed by atoms with E-state index in [1.54, 1.807) is 0 Å². The second kappa shape index (κ2) is 16.7. The van der Waals surface area contributed by atoms with Gasteiger partial charge in [-0.25, -0.2) is 0 Å². The molecule has 2 aliphatic heterocycles. The third kappa shape index (κ3) is 11.4. The number of aromatic nitrogens is 3. The monoisotopic (exact) mass is 646 g/mol. The molecule has 2 fully saturated rings. The predicted octanol–water partition coefficient (Wildman–Crippen LogP) is 6.37. The fourth-order valence-corrected chi connectivity index (χ4v) is 6.36. The van der Waals surface area contributed by atoms with Gasteiger partial charge in [-0.15, -0.1) is 0 Å². The van der Waals surface area contributed by atoms with Crippen molar-refractivity contribution in [2.45, 2.75) is 96.1 Å². The first-order chi connectivity index (χ1) is 22.3. The van der Waals surface area contributed by atoms with Crippen LogP contribution in [-0.4, -0.2) is 84.3 Å². The van der Waals surface area contributed by atoms with E-state index in [9.17, 15) is 18.0 Å². The molecular weight excluding hydrogens is 597 g/mol. The maximum absolute atomic E-state index is 13.6. The Kier molecular flexibility index (Phi) is 12.5. The van der Waals surface area contributed by atoms with Crippen molar-refractivity contribution in [3.8, 4) is 11.8 Å². The third-order valence-electron chi connectivity index (χ3n) is 9.15. The fourth-order valence-electron chi connectivity index (χ4n) is 6.36. The van der Waals surface area contributed by atoms with Crippen LogP contribution in [-0.2, 0) is 6.42 Å². The van der Waals surface area contributed by atoms with Gasteiger partial charge in [-0.05, 0) is 101 Å². The Morgan fingerprint density at radius 1 is 0.935 bits per heavy atom. The predicted molar refractivity (Wildman–Crippen MR) is 171 cm³/mol. The lowest BCUT2D eigenvalue weighted by Gasteiger charge is -2.22. The molecule has 1 aromatic carbocycles. The molecule has 0 atom stereocenters. The Labute approximate surface area is 270 Å². The Bertz CT molecular complexity index is 1270. The van der Waals surface area contributed by atoms with E-state index in [1.807, 2.05) is 18.2 Å². The second-order valence-corrected chi connectivity index (χ2v) is 13.2. The molecule has 1 saturated heterocycles. The van der Waals surface area contributed by atoms with Crippen molar-refractivity contribution in [3.05, 3.63) is 35.2 Å². The van der Waals surface area contributed by atoms with Crippen LogP contribution in [0.5, 0.6) is 11.8 Å². The summed E-state index contributed by atoms with van der Waals surface area (Å²) in [5.41, 5.74) is 1.61. The zero-order valence-electron chi connectivity index (χ0n) is 26.9. The number of alkyl halides is 3. The molecule has 1 aromatic heterocycles. The molecule has 1 aliphatic carbocycles. The summed E-state index contributed by atoms with van der Waals surface area (Å²) in [6.45, 7) is 4.80. The molecular formula is C34H49F3N6O3. The molecule has 0 unspecified atom stereocenters. The summed E-state index contributed by atoms with van der Waals surface area (Å²) in [7, 11) is 0. The minimum absolute atomic E-state index is 0.0763. The molecule has 46 heavy (non-hydrogen) atoms. The van der Waals surface area contributed by atoms with Crippen LogP contribution in [0, 0.1) is 5.41 Å². The lowest BCUT2D eigenvalue weighted by atomic mass is 9.94. The summed E-state index contributed by atoms with van der Waals surface area (Å²) in [6, 6.07) is 5.12. The van der Waals surface area contributed by atoms with Gasteiger partial charge in [0, 0.05) is 25.9 Å². The molecule has 2 N–H and O–H groups in total. The number of rotatable bonds is 8. The number of anilines is 1. The van der Waals surface area contributed by atoms with Crippen molar-refractivity contribution >= 4 is 11.7 Å². The number of fused-ring (bicyclic) bond motifs is 4. The summed E-state index contributed by atoms with van der Waals surface area (Å²) < 4.78 is 49.8. The number of carbonyl (C=O) groups excluding carboxylic acids is 1. The van der Waals surface area contributed by atoms with Crippen molar-refractivity contribution < 1.29 is 27.4 Å². The summed E-state index contributed by atoms with van der Waals surface area (Å²) in [6.07, 6.45) is 9.25. The van der Waals surface area contributed by atoms with Crippen LogP contribution < -0.4 is 20.1 Å². The lowest BCUT2D eigenvalue weighted by Crippen LogP contribution is -2.28. The molecule has 0 amide bonds. The van der Waals surface area contributed by atoms with Crippen LogP contribution >= 0.6 is 0 Å². The van der Waals surface area contributed by atoms with Crippen LogP contribution in [0.2, 0.25) is 0 Å². The first-order valence-corrected chi connectivity index (χ1v) is 17.2. The van der Waals surface area contributed by atoms with E-state index in [0.29, 0.717) is 30.9 Å². The second-order valence-electron chi connectivity index (χ2n) is 13.2. The van der Waals surface area contributed by atoms with E-state index in [4.69, 9.17) is 9.47 Å². The summed E-state index contributed by atoms with van der Waals surface area (Å²) in [5, 5.41) is 6.63. The van der Waals surface area contributed by atoms with Crippen LogP contribution in [0.15, 0.2) is 18.2 Å². The highest BCUT2D eigenvalue weighted by Gasteiger charge is 2.44. The molecule has 4 bridgehead atoms. The van der Waals surface area contributed by atoms with Gasteiger partial charge >= 0.3 is 12.2 Å². The van der Waals surface area contributed by atoms with Gasteiger partial charge in [0.05, 0.1) is 12.2 Å². The number of likely N-dealkylation sites (tertiary alicyclic amines) is 1. The molecule has 2 aromatic rings. The highest BCUT2D eigenvalue weighted by molar-refractivity contribution is 5.98. The smallest absolute Gasteiger partial charge is 0.422 e. The maximum atomic E-state index is 13.6. The number of ketones is 1. The third-order valence-corrected chi connectivity index (χ3v) is 9.15. The van der Waals surface area contributed by atoms with Gasteiger partial charge < -0.3 is 25.0 Å². The summed E-state index contributed by atoms with van der Waals surface area (Å²) >= 11 is 0. The van der Waals surface area contributed by atoms with Crippen molar-refractivity contribution in [3.63, 3.8) is 0 Å². The minimum Gasteiger partial charge on any atom is -0.493 e. The molecule has 0 radical (unpaired) electrons. The van der Waals surface area contributed by atoms with Gasteiger partial charge in [0.1, 0.15) is 11.6 Å². The Hall–Kier alpha value is -2.99.